The van der Waals surface area contributed by atoms with Gasteiger partial charge in [-0.15, -0.1) is 21.5 Å². The Bertz CT molecular complexity index is 1150. The Kier molecular flexibility index (Phi) is 6.30. The third kappa shape index (κ3) is 4.75. The molecule has 1 aliphatic rings. The van der Waals surface area contributed by atoms with Gasteiger partial charge >= 0.3 is 0 Å². The molecule has 1 N–H and O–H groups in total. The fourth-order valence-electron chi connectivity index (χ4n) is 3.27. The molecule has 3 heterocycles. The lowest BCUT2D eigenvalue weighted by atomic mass is 10.3. The maximum Gasteiger partial charge on any atom is 0.248 e. The van der Waals surface area contributed by atoms with E-state index in [9.17, 15) is 13.2 Å². The monoisotopic (exact) mass is 462 g/mol. The SMILES string of the molecule is CCOc1ccc(NC(=O)Cn2nnc(-c3cccs3)n2)cc1S(=O)(=O)N1CCCC1. The average Bonchev–Trinajstić information content (AvgIpc) is 3.51. The summed E-state index contributed by atoms with van der Waals surface area (Å²) in [6.07, 6.45) is 1.66. The lowest BCUT2D eigenvalue weighted by Gasteiger charge is -2.19. The molecule has 1 saturated heterocycles. The van der Waals surface area contributed by atoms with E-state index in [0.29, 0.717) is 31.2 Å². The van der Waals surface area contributed by atoms with Gasteiger partial charge in [0.2, 0.25) is 21.8 Å². The van der Waals surface area contributed by atoms with Crippen LogP contribution in [0.1, 0.15) is 19.8 Å². The van der Waals surface area contributed by atoms with E-state index in [4.69, 9.17) is 4.74 Å². The molecule has 1 aromatic carbocycles. The molecule has 12 heteroatoms. The number of nitrogens with one attached hydrogen (secondary N) is 1. The van der Waals surface area contributed by atoms with Gasteiger partial charge in [-0.05, 0) is 54.6 Å². The van der Waals surface area contributed by atoms with Crippen LogP contribution in [0.3, 0.4) is 0 Å². The summed E-state index contributed by atoms with van der Waals surface area (Å²) in [5, 5.41) is 16.7. The van der Waals surface area contributed by atoms with Gasteiger partial charge in [-0.25, -0.2) is 8.42 Å². The molecule has 10 nitrogen and oxygen atoms in total. The van der Waals surface area contributed by atoms with Crippen molar-refractivity contribution in [3.63, 3.8) is 0 Å². The number of ether oxygens (including phenoxy) is 1. The van der Waals surface area contributed by atoms with Gasteiger partial charge in [-0.2, -0.15) is 9.10 Å². The third-order valence-corrected chi connectivity index (χ3v) is 7.48. The van der Waals surface area contributed by atoms with Crippen molar-refractivity contribution in [3.05, 3.63) is 35.7 Å². The highest BCUT2D eigenvalue weighted by Crippen LogP contribution is 2.31. The summed E-state index contributed by atoms with van der Waals surface area (Å²) in [6.45, 7) is 2.93. The second-order valence-corrected chi connectivity index (χ2v) is 9.73. The summed E-state index contributed by atoms with van der Waals surface area (Å²) >= 11 is 1.48. The van der Waals surface area contributed by atoms with Crippen molar-refractivity contribution >= 4 is 33.0 Å². The summed E-state index contributed by atoms with van der Waals surface area (Å²) in [5.41, 5.74) is 0.352. The van der Waals surface area contributed by atoms with Crippen LogP contribution in [0.25, 0.3) is 10.7 Å². The molecule has 1 fully saturated rings. The van der Waals surface area contributed by atoms with Crippen molar-refractivity contribution < 1.29 is 17.9 Å². The van der Waals surface area contributed by atoms with Crippen LogP contribution in [0.4, 0.5) is 5.69 Å². The number of hydrogen-bond donors (Lipinski definition) is 1. The molecule has 2 aromatic heterocycles. The van der Waals surface area contributed by atoms with Gasteiger partial charge in [0.25, 0.3) is 0 Å². The van der Waals surface area contributed by atoms with Gasteiger partial charge < -0.3 is 10.1 Å². The zero-order chi connectivity index (χ0) is 21.8. The fourth-order valence-corrected chi connectivity index (χ4v) is 5.60. The number of carbonyl (C=O) groups is 1. The molecule has 31 heavy (non-hydrogen) atoms. The van der Waals surface area contributed by atoms with E-state index >= 15 is 0 Å². The number of nitrogens with zero attached hydrogens (tertiary/aromatic N) is 5. The van der Waals surface area contributed by atoms with Crippen LogP contribution in [-0.2, 0) is 21.4 Å². The third-order valence-electron chi connectivity index (χ3n) is 4.69. The minimum absolute atomic E-state index is 0.0490. The molecular weight excluding hydrogens is 440 g/mol. The van der Waals surface area contributed by atoms with E-state index in [2.05, 4.69) is 20.7 Å². The molecule has 1 aliphatic heterocycles. The molecule has 164 valence electrons. The van der Waals surface area contributed by atoms with Gasteiger partial charge in [0, 0.05) is 18.8 Å². The summed E-state index contributed by atoms with van der Waals surface area (Å²) in [4.78, 5) is 14.6. The number of thiophene rings is 1. The second kappa shape index (κ2) is 9.12. The Morgan fingerprint density at radius 3 is 2.77 bits per heavy atom. The number of rotatable bonds is 8. The number of sulfonamides is 1. The first-order valence-electron chi connectivity index (χ1n) is 9.86. The summed E-state index contributed by atoms with van der Waals surface area (Å²) in [5.74, 6) is 0.317. The van der Waals surface area contributed by atoms with E-state index < -0.39 is 15.9 Å². The van der Waals surface area contributed by atoms with Gasteiger partial charge in [0.05, 0.1) is 11.5 Å². The van der Waals surface area contributed by atoms with Crippen molar-refractivity contribution in [2.24, 2.45) is 0 Å². The van der Waals surface area contributed by atoms with E-state index in [0.717, 1.165) is 17.7 Å². The minimum atomic E-state index is -3.71. The van der Waals surface area contributed by atoms with E-state index in [1.54, 1.807) is 19.1 Å². The standard InChI is InChI=1S/C19H22N6O4S2/c1-2-29-15-8-7-14(12-17(15)31(27,28)24-9-3-4-10-24)20-18(26)13-25-22-19(21-23-25)16-6-5-11-30-16/h5-8,11-12H,2-4,9-10,13H2,1H3,(H,20,26). The minimum Gasteiger partial charge on any atom is -0.492 e. The summed E-state index contributed by atoms with van der Waals surface area (Å²) < 4.78 is 33.1. The Labute approximate surface area is 183 Å². The number of amides is 1. The molecule has 0 radical (unpaired) electrons. The van der Waals surface area contributed by atoms with Crippen molar-refractivity contribution in [3.8, 4) is 16.5 Å². The number of benzene rings is 1. The van der Waals surface area contributed by atoms with Crippen LogP contribution in [0.15, 0.2) is 40.6 Å². The highest BCUT2D eigenvalue weighted by Gasteiger charge is 2.30. The number of tetrazole rings is 1. The molecule has 0 bridgehead atoms. The Morgan fingerprint density at radius 1 is 1.26 bits per heavy atom. The van der Waals surface area contributed by atoms with Crippen LogP contribution in [0.5, 0.6) is 5.75 Å². The Hall–Kier alpha value is -2.83. The number of hydrogen-bond acceptors (Lipinski definition) is 8. The molecule has 0 saturated carbocycles. The fraction of sp³-hybridized carbons (Fsp3) is 0.368. The van der Waals surface area contributed by atoms with Crippen LogP contribution in [0, 0.1) is 0 Å². The summed E-state index contributed by atoms with van der Waals surface area (Å²) in [6, 6.07) is 8.35. The predicted molar refractivity (Wildman–Crippen MR) is 115 cm³/mol. The van der Waals surface area contributed by atoms with Crippen molar-refractivity contribution in [1.82, 2.24) is 24.5 Å². The normalized spacial score (nSPS) is 14.6. The quantitative estimate of drug-likeness (QED) is 0.545. The zero-order valence-electron chi connectivity index (χ0n) is 16.9. The number of aromatic nitrogens is 4. The van der Waals surface area contributed by atoms with Crippen LogP contribution >= 0.6 is 11.3 Å². The van der Waals surface area contributed by atoms with Gasteiger partial charge in [0.1, 0.15) is 17.2 Å². The molecule has 1 amide bonds. The largest absolute Gasteiger partial charge is 0.492 e. The smallest absolute Gasteiger partial charge is 0.248 e. The molecule has 4 rings (SSSR count). The summed E-state index contributed by atoms with van der Waals surface area (Å²) in [7, 11) is -3.71. The second-order valence-electron chi connectivity index (χ2n) is 6.87. The average molecular weight is 463 g/mol. The van der Waals surface area contributed by atoms with Crippen molar-refractivity contribution in [2.75, 3.05) is 25.0 Å². The molecule has 0 atom stereocenters. The Balaban J connectivity index is 1.51. The molecule has 3 aromatic rings. The van der Waals surface area contributed by atoms with Crippen molar-refractivity contribution in [2.45, 2.75) is 31.2 Å². The highest BCUT2D eigenvalue weighted by molar-refractivity contribution is 7.89. The Morgan fingerprint density at radius 2 is 2.06 bits per heavy atom. The first-order valence-corrected chi connectivity index (χ1v) is 12.2. The molecule has 0 aliphatic carbocycles. The van der Waals surface area contributed by atoms with Crippen LogP contribution < -0.4 is 10.1 Å². The maximum atomic E-state index is 13.1. The van der Waals surface area contributed by atoms with Gasteiger partial charge in [-0.3, -0.25) is 4.79 Å². The number of carbonyl (C=O) groups excluding carboxylic acids is 1. The first-order chi connectivity index (χ1) is 15.0. The van der Waals surface area contributed by atoms with Crippen molar-refractivity contribution in [1.29, 1.82) is 0 Å². The molecular formula is C19H22N6O4S2. The molecule has 0 unspecified atom stereocenters. The van der Waals surface area contributed by atoms with Crippen LogP contribution in [-0.4, -0.2) is 58.5 Å². The number of anilines is 1. The lowest BCUT2D eigenvalue weighted by molar-refractivity contribution is -0.117. The van der Waals surface area contributed by atoms with E-state index in [1.165, 1.54) is 26.5 Å². The topological polar surface area (TPSA) is 119 Å². The first kappa shape index (κ1) is 21.4. The van der Waals surface area contributed by atoms with Gasteiger partial charge in [0.15, 0.2) is 0 Å². The van der Waals surface area contributed by atoms with Gasteiger partial charge in [-0.1, -0.05) is 6.07 Å². The lowest BCUT2D eigenvalue weighted by Crippen LogP contribution is -2.28. The predicted octanol–water partition coefficient (Wildman–Crippen LogP) is 2.22. The van der Waals surface area contributed by atoms with Crippen LogP contribution in [0.2, 0.25) is 0 Å². The molecule has 0 spiro atoms. The highest BCUT2D eigenvalue weighted by atomic mass is 32.2. The zero-order valence-corrected chi connectivity index (χ0v) is 18.5. The van der Waals surface area contributed by atoms with E-state index in [-0.39, 0.29) is 17.2 Å². The van der Waals surface area contributed by atoms with E-state index in [1.807, 2.05) is 17.5 Å². The maximum absolute atomic E-state index is 13.1.